The molecule has 3 aliphatic heterocycles. The highest BCUT2D eigenvalue weighted by atomic mass is 35.5. The number of carbonyl (C=O) groups is 1. The number of amides is 1. The molecule has 12 heteroatoms. The highest BCUT2D eigenvalue weighted by Crippen LogP contribution is 2.40. The second kappa shape index (κ2) is 13.1. The molecule has 2 atom stereocenters. The van der Waals surface area contributed by atoms with Crippen LogP contribution in [0.25, 0.3) is 10.8 Å². The van der Waals surface area contributed by atoms with Crippen LogP contribution in [-0.4, -0.2) is 96.8 Å². The summed E-state index contributed by atoms with van der Waals surface area (Å²) in [6.45, 7) is 9.47. The molecule has 4 aliphatic rings. The minimum Gasteiger partial charge on any atom is -0.463 e. The fraction of sp³-hybridized carbons (Fsp3) is 0.500. The van der Waals surface area contributed by atoms with Gasteiger partial charge in [0.05, 0.1) is 54.4 Å². The number of anilines is 2. The van der Waals surface area contributed by atoms with Crippen LogP contribution in [0.2, 0.25) is 5.02 Å². The molecule has 7 rings (SSSR count). The van der Waals surface area contributed by atoms with Crippen LogP contribution in [-0.2, 0) is 22.5 Å². The monoisotopic (exact) mass is 673 g/mol. The first-order valence-corrected chi connectivity index (χ1v) is 17.1. The Morgan fingerprint density at radius 3 is 2.69 bits per heavy atom. The highest BCUT2D eigenvalue weighted by molar-refractivity contribution is 6.36. The van der Waals surface area contributed by atoms with E-state index in [0.717, 1.165) is 40.1 Å². The molecule has 0 N–H and O–H groups in total. The Bertz CT molecular complexity index is 1770. The smallest absolute Gasteiger partial charge is 0.318 e. The van der Waals surface area contributed by atoms with Crippen LogP contribution < -0.4 is 14.5 Å². The number of benzene rings is 2. The van der Waals surface area contributed by atoms with Gasteiger partial charge in [0.1, 0.15) is 12.4 Å². The van der Waals surface area contributed by atoms with Gasteiger partial charge in [0.25, 0.3) is 5.91 Å². The molecule has 2 aromatic carbocycles. The standard InChI is InChI=1S/C36H41ClFN7O3/c1-23-16-28-30(18-45(23)31-9-5-7-25-6-4-8-29(37)32(25)31)40-35(48-22-36(20-47-21-36)19-42(3)26-10-11-26)41-33(28)43-14-15-44(34(46)24(2)38)27(17-43)12-13-39/h4-9,23,26-27H,2,10-12,14-22H2,1,3H3. The molecule has 0 bridgehead atoms. The summed E-state index contributed by atoms with van der Waals surface area (Å²) in [5, 5.41) is 12.4. The van der Waals surface area contributed by atoms with Crippen molar-refractivity contribution < 1.29 is 18.7 Å². The van der Waals surface area contributed by atoms with Crippen LogP contribution in [0.1, 0.15) is 37.4 Å². The van der Waals surface area contributed by atoms with Crippen LogP contribution in [0.15, 0.2) is 48.8 Å². The quantitative estimate of drug-likeness (QED) is 0.271. The zero-order valence-electron chi connectivity index (χ0n) is 27.5. The molecule has 1 saturated carbocycles. The number of aromatic nitrogens is 2. The van der Waals surface area contributed by atoms with Crippen LogP contribution in [0, 0.1) is 16.7 Å². The predicted molar refractivity (Wildman–Crippen MR) is 183 cm³/mol. The van der Waals surface area contributed by atoms with E-state index >= 15 is 0 Å². The third kappa shape index (κ3) is 6.29. The summed E-state index contributed by atoms with van der Waals surface area (Å²) in [4.78, 5) is 30.9. The molecule has 0 radical (unpaired) electrons. The van der Waals surface area contributed by atoms with E-state index in [1.54, 1.807) is 0 Å². The lowest BCUT2D eigenvalue weighted by Gasteiger charge is -2.44. The first-order valence-electron chi connectivity index (χ1n) is 16.7. The lowest BCUT2D eigenvalue weighted by atomic mass is 9.86. The van der Waals surface area contributed by atoms with Gasteiger partial charge in [-0.15, -0.1) is 0 Å². The number of fused-ring (bicyclic) bond motifs is 2. The maximum absolute atomic E-state index is 13.9. The van der Waals surface area contributed by atoms with E-state index in [0.29, 0.717) is 63.0 Å². The summed E-state index contributed by atoms with van der Waals surface area (Å²) in [5.41, 5.74) is 2.78. The van der Waals surface area contributed by atoms with Crippen molar-refractivity contribution >= 4 is 39.8 Å². The van der Waals surface area contributed by atoms with E-state index in [2.05, 4.69) is 65.6 Å². The first kappa shape index (κ1) is 32.6. The van der Waals surface area contributed by atoms with E-state index in [-0.39, 0.29) is 24.4 Å². The fourth-order valence-electron chi connectivity index (χ4n) is 7.48. The van der Waals surface area contributed by atoms with Gasteiger partial charge in [-0.1, -0.05) is 42.4 Å². The summed E-state index contributed by atoms with van der Waals surface area (Å²) in [5.74, 6) is -1.06. The molecule has 0 spiro atoms. The number of rotatable bonds is 10. The molecule has 2 saturated heterocycles. The second-order valence-electron chi connectivity index (χ2n) is 13.8. The minimum absolute atomic E-state index is 0.0647. The highest BCUT2D eigenvalue weighted by Gasteiger charge is 2.43. The van der Waals surface area contributed by atoms with Gasteiger partial charge in [-0.05, 0) is 50.8 Å². The Morgan fingerprint density at radius 2 is 2.00 bits per heavy atom. The zero-order chi connectivity index (χ0) is 33.6. The Kier molecular flexibility index (Phi) is 8.92. The molecule has 4 heterocycles. The average molecular weight is 674 g/mol. The minimum atomic E-state index is -1.02. The van der Waals surface area contributed by atoms with E-state index in [4.69, 9.17) is 31.0 Å². The van der Waals surface area contributed by atoms with Crippen molar-refractivity contribution in [2.24, 2.45) is 5.41 Å². The molecule has 1 aromatic heterocycles. The molecule has 10 nitrogen and oxygen atoms in total. The molecule has 2 unspecified atom stereocenters. The Hall–Kier alpha value is -3.98. The molecule has 48 heavy (non-hydrogen) atoms. The van der Waals surface area contributed by atoms with Gasteiger partial charge in [-0.3, -0.25) is 4.79 Å². The number of ether oxygens (including phenoxy) is 2. The van der Waals surface area contributed by atoms with E-state index < -0.39 is 17.8 Å². The van der Waals surface area contributed by atoms with Gasteiger partial charge >= 0.3 is 6.01 Å². The first-order chi connectivity index (χ1) is 23.2. The van der Waals surface area contributed by atoms with Gasteiger partial charge in [-0.25, -0.2) is 4.39 Å². The summed E-state index contributed by atoms with van der Waals surface area (Å²) >= 11 is 6.76. The number of nitriles is 1. The van der Waals surface area contributed by atoms with E-state index in [1.165, 1.54) is 17.7 Å². The number of nitrogens with zero attached hydrogens (tertiary/aromatic N) is 7. The van der Waals surface area contributed by atoms with Crippen molar-refractivity contribution in [3.05, 3.63) is 65.1 Å². The third-order valence-corrected chi connectivity index (χ3v) is 10.5. The van der Waals surface area contributed by atoms with Crippen molar-refractivity contribution in [2.75, 3.05) is 62.8 Å². The molecule has 1 aliphatic carbocycles. The molecule has 252 valence electrons. The normalized spacial score (nSPS) is 21.9. The van der Waals surface area contributed by atoms with Crippen molar-refractivity contribution in [3.63, 3.8) is 0 Å². The Balaban J connectivity index is 1.23. The lowest BCUT2D eigenvalue weighted by molar-refractivity contribution is -0.143. The van der Waals surface area contributed by atoms with E-state index in [1.807, 2.05) is 12.1 Å². The van der Waals surface area contributed by atoms with Crippen molar-refractivity contribution in [3.8, 4) is 12.1 Å². The predicted octanol–water partition coefficient (Wildman–Crippen LogP) is 5.14. The largest absolute Gasteiger partial charge is 0.463 e. The molecular formula is C36H41ClFN7O3. The van der Waals surface area contributed by atoms with Crippen LogP contribution >= 0.6 is 11.6 Å². The topological polar surface area (TPSA) is 98.1 Å². The molecule has 1 amide bonds. The maximum Gasteiger partial charge on any atom is 0.318 e. The van der Waals surface area contributed by atoms with Crippen LogP contribution in [0.4, 0.5) is 15.9 Å². The molecule has 3 aromatic rings. The van der Waals surface area contributed by atoms with Gasteiger partial charge in [0.2, 0.25) is 0 Å². The van der Waals surface area contributed by atoms with Crippen molar-refractivity contribution in [2.45, 2.75) is 57.3 Å². The number of hydrogen-bond acceptors (Lipinski definition) is 9. The molecular weight excluding hydrogens is 633 g/mol. The number of piperazine rings is 1. The summed E-state index contributed by atoms with van der Waals surface area (Å²) in [6, 6.07) is 14.9. The summed E-state index contributed by atoms with van der Waals surface area (Å²) < 4.78 is 26.1. The number of hydrogen-bond donors (Lipinski definition) is 0. The average Bonchev–Trinajstić information content (AvgIpc) is 3.91. The third-order valence-electron chi connectivity index (χ3n) is 10.2. The Labute approximate surface area is 285 Å². The van der Waals surface area contributed by atoms with Gasteiger partial charge in [0, 0.05) is 54.9 Å². The van der Waals surface area contributed by atoms with E-state index in [9.17, 15) is 14.4 Å². The fourth-order valence-corrected chi connectivity index (χ4v) is 7.75. The molecule has 3 fully saturated rings. The second-order valence-corrected chi connectivity index (χ2v) is 14.3. The summed E-state index contributed by atoms with van der Waals surface area (Å²) in [6.07, 6.45) is 3.19. The maximum atomic E-state index is 13.9. The zero-order valence-corrected chi connectivity index (χ0v) is 28.3. The SMILES string of the molecule is C=C(F)C(=O)N1CCN(c2nc(OCC3(CN(C)C4CC4)COC3)nc3c2CC(C)N(c2cccc4cccc(Cl)c24)C3)CC1CC#N. The van der Waals surface area contributed by atoms with Gasteiger partial charge in [-0.2, -0.15) is 15.2 Å². The Morgan fingerprint density at radius 1 is 1.23 bits per heavy atom. The van der Waals surface area contributed by atoms with Crippen LogP contribution in [0.3, 0.4) is 0 Å². The summed E-state index contributed by atoms with van der Waals surface area (Å²) in [7, 11) is 2.17. The number of carbonyl (C=O) groups excluding carboxylic acids is 1. The number of halogens is 2. The van der Waals surface area contributed by atoms with Crippen LogP contribution in [0.5, 0.6) is 6.01 Å². The van der Waals surface area contributed by atoms with Gasteiger partial charge in [0.15, 0.2) is 5.83 Å². The van der Waals surface area contributed by atoms with Gasteiger partial charge < -0.3 is 29.1 Å². The van der Waals surface area contributed by atoms with Crippen molar-refractivity contribution in [1.29, 1.82) is 5.26 Å². The van der Waals surface area contributed by atoms with Crippen molar-refractivity contribution in [1.82, 2.24) is 19.8 Å². The lowest BCUT2D eigenvalue weighted by Crippen LogP contribution is -2.56.